The van der Waals surface area contributed by atoms with Crippen molar-refractivity contribution in [3.63, 3.8) is 0 Å². The molecule has 0 amide bonds. The predicted molar refractivity (Wildman–Crippen MR) is 69.1 cm³/mol. The Morgan fingerprint density at radius 1 is 1.53 bits per heavy atom. The number of hydrogen-bond acceptors (Lipinski definition) is 3. The van der Waals surface area contributed by atoms with Crippen LogP contribution in [0.4, 0.5) is 10.1 Å². The lowest BCUT2D eigenvalue weighted by Crippen LogP contribution is -2.01. The third kappa shape index (κ3) is 2.88. The van der Waals surface area contributed by atoms with Crippen LogP contribution in [0.2, 0.25) is 5.02 Å². The van der Waals surface area contributed by atoms with E-state index < -0.39 is 11.8 Å². The van der Waals surface area contributed by atoms with Crippen LogP contribution in [0.25, 0.3) is 0 Å². The molecule has 0 aliphatic rings. The molecule has 2 aromatic rings. The van der Waals surface area contributed by atoms with Gasteiger partial charge in [-0.05, 0) is 25.1 Å². The smallest absolute Gasteiger partial charge is 0.372 e. The summed E-state index contributed by atoms with van der Waals surface area (Å²) in [5, 5.41) is 11.7. The number of halogens is 2. The number of carboxylic acids is 1. The lowest BCUT2D eigenvalue weighted by Gasteiger charge is -2.06. The standard InChI is InChI=1S/C13H11ClFNO3/c1-7-5-8(19-12(7)13(17)18)6-16-10-4-2-3-9(14)11(10)15/h2-5,16H,6H2,1H3,(H,17,18). The second-order valence-corrected chi connectivity index (χ2v) is 4.39. The molecule has 4 nitrogen and oxygen atoms in total. The van der Waals surface area contributed by atoms with E-state index in [0.29, 0.717) is 11.3 Å². The molecule has 0 aliphatic heterocycles. The lowest BCUT2D eigenvalue weighted by molar-refractivity contribution is 0.0659. The fraction of sp³-hybridized carbons (Fsp3) is 0.154. The highest BCUT2D eigenvalue weighted by Crippen LogP contribution is 2.23. The van der Waals surface area contributed by atoms with E-state index in [1.807, 2.05) is 0 Å². The van der Waals surface area contributed by atoms with E-state index in [9.17, 15) is 9.18 Å². The van der Waals surface area contributed by atoms with Gasteiger partial charge in [-0.2, -0.15) is 0 Å². The number of furan rings is 1. The molecule has 1 aromatic carbocycles. The highest BCUT2D eigenvalue weighted by molar-refractivity contribution is 6.31. The number of hydrogen-bond donors (Lipinski definition) is 2. The molecular weight excluding hydrogens is 273 g/mol. The van der Waals surface area contributed by atoms with Gasteiger partial charge < -0.3 is 14.8 Å². The summed E-state index contributed by atoms with van der Waals surface area (Å²) in [6.45, 7) is 1.81. The minimum Gasteiger partial charge on any atom is -0.475 e. The first-order valence-electron chi connectivity index (χ1n) is 5.49. The molecule has 0 spiro atoms. The van der Waals surface area contributed by atoms with E-state index in [0.717, 1.165) is 0 Å². The van der Waals surface area contributed by atoms with Gasteiger partial charge in [0.2, 0.25) is 5.76 Å². The number of aromatic carboxylic acids is 1. The highest BCUT2D eigenvalue weighted by Gasteiger charge is 2.14. The maximum atomic E-state index is 13.6. The highest BCUT2D eigenvalue weighted by atomic mass is 35.5. The Labute approximate surface area is 113 Å². The van der Waals surface area contributed by atoms with Gasteiger partial charge in [-0.25, -0.2) is 9.18 Å². The topological polar surface area (TPSA) is 62.5 Å². The Balaban J connectivity index is 2.13. The van der Waals surface area contributed by atoms with Gasteiger partial charge in [0.15, 0.2) is 5.82 Å². The monoisotopic (exact) mass is 283 g/mol. The zero-order valence-electron chi connectivity index (χ0n) is 10.0. The number of carboxylic acid groups (broad SMARTS) is 1. The molecule has 0 fully saturated rings. The quantitative estimate of drug-likeness (QED) is 0.898. The molecule has 0 saturated heterocycles. The molecule has 6 heteroatoms. The summed E-state index contributed by atoms with van der Waals surface area (Å²) in [4.78, 5) is 10.8. The van der Waals surface area contributed by atoms with E-state index in [-0.39, 0.29) is 23.0 Å². The zero-order chi connectivity index (χ0) is 14.0. The van der Waals surface area contributed by atoms with Gasteiger partial charge >= 0.3 is 5.97 Å². The minimum atomic E-state index is -1.13. The van der Waals surface area contributed by atoms with Gasteiger partial charge in [-0.1, -0.05) is 17.7 Å². The Morgan fingerprint density at radius 3 is 2.89 bits per heavy atom. The van der Waals surface area contributed by atoms with Crippen molar-refractivity contribution in [2.24, 2.45) is 0 Å². The first-order valence-corrected chi connectivity index (χ1v) is 5.87. The number of anilines is 1. The fourth-order valence-electron chi connectivity index (χ4n) is 1.67. The number of carbonyl (C=O) groups is 1. The van der Waals surface area contributed by atoms with Crippen molar-refractivity contribution in [2.75, 3.05) is 5.32 Å². The number of aryl methyl sites for hydroxylation is 1. The maximum absolute atomic E-state index is 13.6. The molecule has 0 bridgehead atoms. The Morgan fingerprint density at radius 2 is 2.26 bits per heavy atom. The van der Waals surface area contributed by atoms with Crippen LogP contribution in [0.15, 0.2) is 28.7 Å². The largest absolute Gasteiger partial charge is 0.475 e. The van der Waals surface area contributed by atoms with Gasteiger partial charge in [0, 0.05) is 5.56 Å². The molecule has 0 saturated carbocycles. The van der Waals surface area contributed by atoms with Gasteiger partial charge in [0.1, 0.15) is 5.76 Å². The fourth-order valence-corrected chi connectivity index (χ4v) is 1.84. The molecule has 100 valence electrons. The summed E-state index contributed by atoms with van der Waals surface area (Å²) in [7, 11) is 0. The van der Waals surface area contributed by atoms with Crippen LogP contribution in [-0.2, 0) is 6.54 Å². The molecule has 0 radical (unpaired) electrons. The van der Waals surface area contributed by atoms with Crippen molar-refractivity contribution in [1.82, 2.24) is 0 Å². The first kappa shape index (κ1) is 13.4. The second-order valence-electron chi connectivity index (χ2n) is 3.98. The van der Waals surface area contributed by atoms with Crippen molar-refractivity contribution in [3.05, 3.63) is 52.2 Å². The van der Waals surface area contributed by atoms with E-state index in [4.69, 9.17) is 21.1 Å². The third-order valence-electron chi connectivity index (χ3n) is 2.57. The molecule has 2 rings (SSSR count). The van der Waals surface area contributed by atoms with Crippen molar-refractivity contribution in [3.8, 4) is 0 Å². The molecule has 2 N–H and O–H groups in total. The van der Waals surface area contributed by atoms with Crippen LogP contribution in [0.3, 0.4) is 0 Å². The Hall–Kier alpha value is -2.01. The number of nitrogens with one attached hydrogen (secondary N) is 1. The van der Waals surface area contributed by atoms with Gasteiger partial charge in [-0.3, -0.25) is 0 Å². The molecule has 0 atom stereocenters. The predicted octanol–water partition coefficient (Wildman–Crippen LogP) is 3.69. The van der Waals surface area contributed by atoms with E-state index in [1.54, 1.807) is 19.1 Å². The van der Waals surface area contributed by atoms with Crippen molar-refractivity contribution in [1.29, 1.82) is 0 Å². The van der Waals surface area contributed by atoms with Gasteiger partial charge in [0.25, 0.3) is 0 Å². The summed E-state index contributed by atoms with van der Waals surface area (Å²) in [6, 6.07) is 6.19. The van der Waals surface area contributed by atoms with Crippen LogP contribution in [0.1, 0.15) is 21.9 Å². The van der Waals surface area contributed by atoms with E-state index >= 15 is 0 Å². The minimum absolute atomic E-state index is 0.0202. The SMILES string of the molecule is Cc1cc(CNc2cccc(Cl)c2F)oc1C(=O)O. The molecule has 1 heterocycles. The second kappa shape index (κ2) is 5.32. The maximum Gasteiger partial charge on any atom is 0.372 e. The van der Waals surface area contributed by atoms with Crippen LogP contribution >= 0.6 is 11.6 Å². The Kier molecular flexibility index (Phi) is 3.76. The average molecular weight is 284 g/mol. The lowest BCUT2D eigenvalue weighted by atomic mass is 10.2. The molecule has 0 aliphatic carbocycles. The molecule has 0 unspecified atom stereocenters. The van der Waals surface area contributed by atoms with Gasteiger partial charge in [-0.15, -0.1) is 0 Å². The first-order chi connectivity index (χ1) is 8.99. The zero-order valence-corrected chi connectivity index (χ0v) is 10.8. The van der Waals surface area contributed by atoms with Crippen molar-refractivity contribution < 1.29 is 18.7 Å². The molecule has 1 aromatic heterocycles. The van der Waals surface area contributed by atoms with Crippen LogP contribution in [-0.4, -0.2) is 11.1 Å². The summed E-state index contributed by atoms with van der Waals surface area (Å²) in [6.07, 6.45) is 0. The Bertz CT molecular complexity index is 624. The molecule has 19 heavy (non-hydrogen) atoms. The van der Waals surface area contributed by atoms with E-state index in [2.05, 4.69) is 5.32 Å². The van der Waals surface area contributed by atoms with Gasteiger partial charge in [0.05, 0.1) is 17.3 Å². The third-order valence-corrected chi connectivity index (χ3v) is 2.86. The van der Waals surface area contributed by atoms with Crippen LogP contribution in [0, 0.1) is 12.7 Å². The summed E-state index contributed by atoms with van der Waals surface area (Å²) < 4.78 is 18.7. The summed E-state index contributed by atoms with van der Waals surface area (Å²) >= 11 is 5.65. The average Bonchev–Trinajstić information content (AvgIpc) is 2.73. The van der Waals surface area contributed by atoms with Crippen LogP contribution in [0.5, 0.6) is 0 Å². The number of rotatable bonds is 4. The normalized spacial score (nSPS) is 10.5. The van der Waals surface area contributed by atoms with E-state index in [1.165, 1.54) is 12.1 Å². The van der Waals surface area contributed by atoms with Crippen molar-refractivity contribution >= 4 is 23.3 Å². The number of benzene rings is 1. The molecular formula is C13H11ClFNO3. The van der Waals surface area contributed by atoms with Crippen molar-refractivity contribution in [2.45, 2.75) is 13.5 Å². The van der Waals surface area contributed by atoms with Crippen LogP contribution < -0.4 is 5.32 Å². The summed E-state index contributed by atoms with van der Waals surface area (Å²) in [5.41, 5.74) is 0.759. The summed E-state index contributed by atoms with van der Waals surface area (Å²) in [5.74, 6) is -1.37.